The van der Waals surface area contributed by atoms with Crippen LogP contribution in [-0.4, -0.2) is 31.1 Å². The summed E-state index contributed by atoms with van der Waals surface area (Å²) < 4.78 is 18.2. The smallest absolute Gasteiger partial charge is 0.306 e. The van der Waals surface area contributed by atoms with Crippen molar-refractivity contribution in [1.82, 2.24) is 0 Å². The van der Waals surface area contributed by atoms with Gasteiger partial charge in [0.05, 0.1) is 6.10 Å². The lowest BCUT2D eigenvalue weighted by Gasteiger charge is -2.27. The summed E-state index contributed by atoms with van der Waals surface area (Å²) in [5.74, 6) is 1.19. The van der Waals surface area contributed by atoms with Gasteiger partial charge in [0.2, 0.25) is 0 Å². The van der Waals surface area contributed by atoms with E-state index in [-0.39, 0.29) is 24.5 Å². The first-order chi connectivity index (χ1) is 16.2. The number of aryl methyl sites for hydroxylation is 1. The first kappa shape index (κ1) is 24.2. The Morgan fingerprint density at radius 1 is 1.15 bits per heavy atom. The summed E-state index contributed by atoms with van der Waals surface area (Å²) in [6.45, 7) is 3.09. The number of carbonyl (C=O) groups is 1. The molecule has 0 radical (unpaired) electrons. The van der Waals surface area contributed by atoms with E-state index in [9.17, 15) is 4.79 Å². The fourth-order valence-electron chi connectivity index (χ4n) is 5.54. The third kappa shape index (κ3) is 7.28. The molecule has 1 unspecified atom stereocenters. The zero-order valence-electron chi connectivity index (χ0n) is 20.1. The predicted molar refractivity (Wildman–Crippen MR) is 131 cm³/mol. The van der Waals surface area contributed by atoms with Crippen LogP contribution in [0.1, 0.15) is 70.3 Å². The van der Waals surface area contributed by atoms with Crippen LogP contribution in [0.5, 0.6) is 0 Å². The van der Waals surface area contributed by atoms with Crippen LogP contribution in [0.25, 0.3) is 0 Å². The van der Waals surface area contributed by atoms with Crippen LogP contribution in [0.4, 0.5) is 0 Å². The van der Waals surface area contributed by atoms with Gasteiger partial charge in [-0.05, 0) is 75.2 Å². The minimum atomic E-state index is -0.101. The number of hydrogen-bond donors (Lipinski definition) is 0. The van der Waals surface area contributed by atoms with Gasteiger partial charge in [0.25, 0.3) is 0 Å². The van der Waals surface area contributed by atoms with Crippen molar-refractivity contribution in [2.45, 2.75) is 89.6 Å². The molecule has 2 fully saturated rings. The Labute approximate surface area is 199 Å². The van der Waals surface area contributed by atoms with E-state index in [1.807, 2.05) is 0 Å². The van der Waals surface area contributed by atoms with E-state index in [2.05, 4.69) is 61.6 Å². The molecule has 4 rings (SSSR count). The molecule has 6 atom stereocenters. The van der Waals surface area contributed by atoms with Crippen molar-refractivity contribution in [3.05, 3.63) is 60.2 Å². The molecule has 0 amide bonds. The number of benzene rings is 1. The number of esters is 1. The summed E-state index contributed by atoms with van der Waals surface area (Å²) in [6.07, 6.45) is 18.6. The standard InChI is InChI=1S/C29H40O4/c1-22-21-27-26(13-7-2-3-8-14-28(30)33-27)25(22)19-18-24(32-29-15-9-10-20-31-29)17-16-23-11-5-4-6-12-23/h2,4-7,11-12,18-19,22,24-27,29H,3,8-10,13-17,20-21H2,1H3/b7-2-,19-18+/t22-,24+,25+,26-,27+,29?/m1/s1. The van der Waals surface area contributed by atoms with E-state index >= 15 is 0 Å². The van der Waals surface area contributed by atoms with E-state index in [4.69, 9.17) is 14.2 Å². The monoisotopic (exact) mass is 452 g/mol. The summed E-state index contributed by atoms with van der Waals surface area (Å²) in [4.78, 5) is 12.3. The Morgan fingerprint density at radius 2 is 2.03 bits per heavy atom. The molecule has 0 aromatic heterocycles. The summed E-state index contributed by atoms with van der Waals surface area (Å²) in [5.41, 5.74) is 1.34. The topological polar surface area (TPSA) is 44.8 Å². The minimum absolute atomic E-state index is 0.0234. The average molecular weight is 453 g/mol. The number of fused-ring (bicyclic) bond motifs is 1. The average Bonchev–Trinajstić information content (AvgIpc) is 3.13. The fraction of sp³-hybridized carbons (Fsp3) is 0.621. The molecular weight excluding hydrogens is 412 g/mol. The lowest BCUT2D eigenvalue weighted by Crippen LogP contribution is -2.28. The Hall–Kier alpha value is -1.91. The molecule has 180 valence electrons. The zero-order chi connectivity index (χ0) is 22.9. The van der Waals surface area contributed by atoms with Crippen LogP contribution < -0.4 is 0 Å². The summed E-state index contributed by atoms with van der Waals surface area (Å²) in [6, 6.07) is 10.6. The van der Waals surface area contributed by atoms with Crippen LogP contribution >= 0.6 is 0 Å². The van der Waals surface area contributed by atoms with Gasteiger partial charge in [0.15, 0.2) is 6.29 Å². The van der Waals surface area contributed by atoms with Crippen LogP contribution in [0.3, 0.4) is 0 Å². The largest absolute Gasteiger partial charge is 0.462 e. The van der Waals surface area contributed by atoms with Crippen molar-refractivity contribution in [2.24, 2.45) is 17.8 Å². The van der Waals surface area contributed by atoms with Crippen LogP contribution in [0.15, 0.2) is 54.6 Å². The molecule has 4 heteroatoms. The Bertz CT molecular complexity index is 780. The molecule has 0 N–H and O–H groups in total. The van der Waals surface area contributed by atoms with E-state index in [1.54, 1.807) is 0 Å². The molecule has 1 aromatic carbocycles. The van der Waals surface area contributed by atoms with Gasteiger partial charge in [-0.25, -0.2) is 0 Å². The Morgan fingerprint density at radius 3 is 2.85 bits per heavy atom. The summed E-state index contributed by atoms with van der Waals surface area (Å²) >= 11 is 0. The van der Waals surface area contributed by atoms with Crippen molar-refractivity contribution in [3.8, 4) is 0 Å². The second kappa shape index (κ2) is 12.5. The van der Waals surface area contributed by atoms with Crippen LogP contribution in [-0.2, 0) is 25.4 Å². The highest BCUT2D eigenvalue weighted by molar-refractivity contribution is 5.69. The highest BCUT2D eigenvalue weighted by atomic mass is 16.7. The highest BCUT2D eigenvalue weighted by Crippen LogP contribution is 2.42. The van der Waals surface area contributed by atoms with Gasteiger partial charge in [0.1, 0.15) is 6.10 Å². The maximum absolute atomic E-state index is 12.3. The maximum atomic E-state index is 12.3. The van der Waals surface area contributed by atoms with Crippen molar-refractivity contribution < 1.29 is 19.0 Å². The van der Waals surface area contributed by atoms with Crippen molar-refractivity contribution >= 4 is 5.97 Å². The van der Waals surface area contributed by atoms with Gasteiger partial charge in [-0.3, -0.25) is 4.79 Å². The van der Waals surface area contributed by atoms with Crippen LogP contribution in [0, 0.1) is 17.8 Å². The zero-order valence-corrected chi connectivity index (χ0v) is 20.1. The number of ether oxygens (including phenoxy) is 3. The summed E-state index contributed by atoms with van der Waals surface area (Å²) in [7, 11) is 0. The minimum Gasteiger partial charge on any atom is -0.462 e. The number of hydrogen-bond acceptors (Lipinski definition) is 4. The number of carbonyl (C=O) groups excluding carboxylic acids is 1. The van der Waals surface area contributed by atoms with Gasteiger partial charge >= 0.3 is 5.97 Å². The lowest BCUT2D eigenvalue weighted by molar-refractivity contribution is -0.179. The molecule has 1 aliphatic carbocycles. The maximum Gasteiger partial charge on any atom is 0.306 e. The Balaban J connectivity index is 1.45. The van der Waals surface area contributed by atoms with Gasteiger partial charge in [-0.2, -0.15) is 0 Å². The first-order valence-corrected chi connectivity index (χ1v) is 13.0. The second-order valence-electron chi connectivity index (χ2n) is 9.96. The number of rotatable bonds is 7. The highest BCUT2D eigenvalue weighted by Gasteiger charge is 2.41. The predicted octanol–water partition coefficient (Wildman–Crippen LogP) is 6.40. The molecule has 33 heavy (non-hydrogen) atoms. The van der Waals surface area contributed by atoms with Gasteiger partial charge in [0, 0.05) is 18.9 Å². The molecule has 2 aliphatic heterocycles. The molecule has 1 saturated carbocycles. The van der Waals surface area contributed by atoms with Gasteiger partial charge < -0.3 is 14.2 Å². The third-order valence-corrected chi connectivity index (χ3v) is 7.42. The molecule has 0 bridgehead atoms. The van der Waals surface area contributed by atoms with Gasteiger partial charge in [-0.15, -0.1) is 0 Å². The van der Waals surface area contributed by atoms with E-state index in [0.717, 1.165) is 58.0 Å². The normalized spacial score (nSPS) is 32.8. The Kier molecular flexibility index (Phi) is 9.19. The molecule has 1 saturated heterocycles. The molecule has 2 heterocycles. The second-order valence-corrected chi connectivity index (χ2v) is 9.96. The van der Waals surface area contributed by atoms with E-state index < -0.39 is 0 Å². The van der Waals surface area contributed by atoms with Crippen molar-refractivity contribution in [2.75, 3.05) is 6.61 Å². The fourth-order valence-corrected chi connectivity index (χ4v) is 5.54. The van der Waals surface area contributed by atoms with Crippen molar-refractivity contribution in [1.29, 1.82) is 0 Å². The molecule has 4 nitrogen and oxygen atoms in total. The number of allylic oxidation sites excluding steroid dienone is 3. The van der Waals surface area contributed by atoms with Crippen molar-refractivity contribution in [3.63, 3.8) is 0 Å². The SMILES string of the molecule is C[C@@H]1C[C@@H]2OC(=O)CCC/C=C\C[C@@H]2[C@H]1/C=C/[C@H](CCc1ccccc1)OC1CCCCO1. The quantitative estimate of drug-likeness (QED) is 0.355. The van der Waals surface area contributed by atoms with E-state index in [0.29, 0.717) is 24.2 Å². The molecular formula is C29H40O4. The summed E-state index contributed by atoms with van der Waals surface area (Å²) in [5, 5.41) is 0. The van der Waals surface area contributed by atoms with Gasteiger partial charge in [-0.1, -0.05) is 61.6 Å². The first-order valence-electron chi connectivity index (χ1n) is 13.0. The van der Waals surface area contributed by atoms with Crippen LogP contribution in [0.2, 0.25) is 0 Å². The molecule has 1 aromatic rings. The molecule has 0 spiro atoms. The third-order valence-electron chi connectivity index (χ3n) is 7.42. The molecule has 3 aliphatic rings. The lowest BCUT2D eigenvalue weighted by atomic mass is 9.86. The van der Waals surface area contributed by atoms with E-state index in [1.165, 1.54) is 12.0 Å².